The zero-order valence-electron chi connectivity index (χ0n) is 20.0. The SMILES string of the molecule is C=C(/C=C\C(=C/C)OCC)COC1C=CC(C2Oc3cc(O)cc(O)c3C(O)C2O)=CC=C1OC. The molecule has 0 saturated heterocycles. The minimum absolute atomic E-state index is 0.0241. The van der Waals surface area contributed by atoms with Gasteiger partial charge < -0.3 is 39.4 Å². The van der Waals surface area contributed by atoms with Crippen LogP contribution in [0.15, 0.2) is 83.9 Å². The molecule has 2 aliphatic rings. The summed E-state index contributed by atoms with van der Waals surface area (Å²) in [4.78, 5) is 0. The maximum absolute atomic E-state index is 10.7. The van der Waals surface area contributed by atoms with E-state index in [1.54, 1.807) is 24.3 Å². The number of hydrogen-bond donors (Lipinski definition) is 4. The lowest BCUT2D eigenvalue weighted by molar-refractivity contribution is -0.0554. The number of aliphatic hydroxyl groups is 2. The van der Waals surface area contributed by atoms with Crippen molar-refractivity contribution in [2.24, 2.45) is 0 Å². The van der Waals surface area contributed by atoms with Crippen molar-refractivity contribution in [1.29, 1.82) is 0 Å². The number of phenolic OH excluding ortho intramolecular Hbond substituents is 2. The Morgan fingerprint density at radius 1 is 1.17 bits per heavy atom. The largest absolute Gasteiger partial charge is 0.508 e. The van der Waals surface area contributed by atoms with Crippen LogP contribution < -0.4 is 4.74 Å². The molecule has 0 bridgehead atoms. The molecule has 188 valence electrons. The molecule has 8 nitrogen and oxygen atoms in total. The van der Waals surface area contributed by atoms with Gasteiger partial charge in [0.25, 0.3) is 0 Å². The van der Waals surface area contributed by atoms with Gasteiger partial charge in [0.15, 0.2) is 6.10 Å². The van der Waals surface area contributed by atoms with Gasteiger partial charge in [0.2, 0.25) is 0 Å². The molecular formula is C27H32O8. The number of phenols is 2. The molecule has 0 radical (unpaired) electrons. The van der Waals surface area contributed by atoms with E-state index >= 15 is 0 Å². The molecule has 0 saturated carbocycles. The standard InChI is InChI=1S/C27H32O8/c1-5-19(33-6-2)10-7-16(3)15-34-22-12-9-17(8-11-21(22)32-4)27-26(31)25(30)24-20(29)13-18(28)14-23(24)35-27/h5,7-14,22,25-31H,3,6,15H2,1-2,4H3/b10-7-,19-5+. The summed E-state index contributed by atoms with van der Waals surface area (Å²) in [5.41, 5.74) is 1.30. The number of hydrogen-bond acceptors (Lipinski definition) is 8. The Morgan fingerprint density at radius 2 is 1.94 bits per heavy atom. The Labute approximate surface area is 205 Å². The smallest absolute Gasteiger partial charge is 0.152 e. The van der Waals surface area contributed by atoms with Crippen LogP contribution in [0.3, 0.4) is 0 Å². The first-order valence-corrected chi connectivity index (χ1v) is 11.3. The van der Waals surface area contributed by atoms with E-state index in [4.69, 9.17) is 18.9 Å². The van der Waals surface area contributed by atoms with Crippen molar-refractivity contribution in [2.45, 2.75) is 38.3 Å². The van der Waals surface area contributed by atoms with Crippen LogP contribution in [0.1, 0.15) is 25.5 Å². The Bertz CT molecular complexity index is 1080. The molecule has 1 heterocycles. The Balaban J connectivity index is 1.73. The van der Waals surface area contributed by atoms with Gasteiger partial charge in [-0.2, -0.15) is 0 Å². The first-order chi connectivity index (χ1) is 16.8. The van der Waals surface area contributed by atoms with Gasteiger partial charge in [0.1, 0.15) is 47.1 Å². The highest BCUT2D eigenvalue weighted by molar-refractivity contribution is 5.53. The Morgan fingerprint density at radius 3 is 2.63 bits per heavy atom. The summed E-state index contributed by atoms with van der Waals surface area (Å²) in [5, 5.41) is 41.2. The Hall–Kier alpha value is -3.46. The maximum atomic E-state index is 10.7. The predicted molar refractivity (Wildman–Crippen MR) is 131 cm³/mol. The van der Waals surface area contributed by atoms with Crippen LogP contribution in [0.25, 0.3) is 0 Å². The van der Waals surface area contributed by atoms with Crippen molar-refractivity contribution in [1.82, 2.24) is 0 Å². The highest BCUT2D eigenvalue weighted by Crippen LogP contribution is 2.44. The van der Waals surface area contributed by atoms with Gasteiger partial charge in [-0.15, -0.1) is 0 Å². The van der Waals surface area contributed by atoms with Crippen LogP contribution in [-0.2, 0) is 14.2 Å². The molecule has 35 heavy (non-hydrogen) atoms. The molecule has 4 unspecified atom stereocenters. The third-order valence-electron chi connectivity index (χ3n) is 5.56. The molecule has 1 aromatic rings. The second-order valence-corrected chi connectivity index (χ2v) is 8.00. The number of allylic oxidation sites excluding steroid dienone is 4. The number of methoxy groups -OCH3 is 1. The third-order valence-corrected chi connectivity index (χ3v) is 5.56. The van der Waals surface area contributed by atoms with Crippen molar-refractivity contribution in [3.63, 3.8) is 0 Å². The van der Waals surface area contributed by atoms with Crippen LogP contribution in [0.5, 0.6) is 17.2 Å². The average Bonchev–Trinajstić information content (AvgIpc) is 3.04. The number of aromatic hydroxyl groups is 2. The number of aliphatic hydroxyl groups excluding tert-OH is 2. The molecule has 1 aliphatic carbocycles. The first kappa shape index (κ1) is 26.2. The van der Waals surface area contributed by atoms with Crippen LogP contribution >= 0.6 is 0 Å². The summed E-state index contributed by atoms with van der Waals surface area (Å²) in [7, 11) is 1.53. The minimum atomic E-state index is -1.41. The van der Waals surface area contributed by atoms with Gasteiger partial charge in [-0.05, 0) is 49.3 Å². The summed E-state index contributed by atoms with van der Waals surface area (Å²) < 4.78 is 22.8. The Kier molecular flexibility index (Phi) is 8.81. The second kappa shape index (κ2) is 11.8. The molecular weight excluding hydrogens is 452 g/mol. The topological polar surface area (TPSA) is 118 Å². The van der Waals surface area contributed by atoms with E-state index in [2.05, 4.69) is 6.58 Å². The molecule has 1 aromatic carbocycles. The summed E-state index contributed by atoms with van der Waals surface area (Å²) >= 11 is 0. The van der Waals surface area contributed by atoms with Crippen molar-refractivity contribution >= 4 is 0 Å². The first-order valence-electron chi connectivity index (χ1n) is 11.3. The summed E-state index contributed by atoms with van der Waals surface area (Å²) in [6.45, 7) is 8.62. The van der Waals surface area contributed by atoms with E-state index in [1.165, 1.54) is 13.2 Å². The lowest BCUT2D eigenvalue weighted by Gasteiger charge is -2.35. The van der Waals surface area contributed by atoms with Gasteiger partial charge in [-0.25, -0.2) is 0 Å². The van der Waals surface area contributed by atoms with Gasteiger partial charge in [-0.3, -0.25) is 0 Å². The minimum Gasteiger partial charge on any atom is -0.508 e. The van der Waals surface area contributed by atoms with E-state index in [0.29, 0.717) is 17.9 Å². The van der Waals surface area contributed by atoms with Crippen molar-refractivity contribution in [3.05, 3.63) is 89.5 Å². The normalized spacial score (nSPS) is 24.2. The zero-order chi connectivity index (χ0) is 25.5. The lowest BCUT2D eigenvalue weighted by atomic mass is 9.91. The monoisotopic (exact) mass is 484 g/mol. The summed E-state index contributed by atoms with van der Waals surface area (Å²) in [5.74, 6) is 0.774. The van der Waals surface area contributed by atoms with Crippen LogP contribution in [-0.4, -0.2) is 59.1 Å². The third kappa shape index (κ3) is 6.16. The van der Waals surface area contributed by atoms with Gasteiger partial charge in [0.05, 0.1) is 25.9 Å². The number of rotatable bonds is 9. The van der Waals surface area contributed by atoms with Crippen LogP contribution in [0.4, 0.5) is 0 Å². The highest BCUT2D eigenvalue weighted by atomic mass is 16.5. The average molecular weight is 485 g/mol. The molecule has 0 amide bonds. The quantitative estimate of drug-likeness (QED) is 0.310. The lowest BCUT2D eigenvalue weighted by Crippen LogP contribution is -2.41. The summed E-state index contributed by atoms with van der Waals surface area (Å²) in [6.07, 6.45) is 8.11. The van der Waals surface area contributed by atoms with Gasteiger partial charge in [-0.1, -0.05) is 24.8 Å². The molecule has 4 N–H and O–H groups in total. The second-order valence-electron chi connectivity index (χ2n) is 8.00. The highest BCUT2D eigenvalue weighted by Gasteiger charge is 2.40. The number of fused-ring (bicyclic) bond motifs is 1. The molecule has 0 spiro atoms. The maximum Gasteiger partial charge on any atom is 0.152 e. The fourth-order valence-corrected chi connectivity index (χ4v) is 3.77. The number of benzene rings is 1. The van der Waals surface area contributed by atoms with Gasteiger partial charge in [0, 0.05) is 12.1 Å². The van der Waals surface area contributed by atoms with Crippen molar-refractivity contribution < 1.29 is 39.4 Å². The number of ether oxygens (including phenoxy) is 4. The van der Waals surface area contributed by atoms with E-state index in [0.717, 1.165) is 17.4 Å². The fourth-order valence-electron chi connectivity index (χ4n) is 3.77. The van der Waals surface area contributed by atoms with E-state index in [-0.39, 0.29) is 29.4 Å². The van der Waals surface area contributed by atoms with Crippen molar-refractivity contribution in [3.8, 4) is 17.2 Å². The molecule has 3 rings (SSSR count). The zero-order valence-corrected chi connectivity index (χ0v) is 20.0. The van der Waals surface area contributed by atoms with E-state index in [9.17, 15) is 20.4 Å². The summed E-state index contributed by atoms with van der Waals surface area (Å²) in [6, 6.07) is 2.36. The molecule has 1 aliphatic heterocycles. The molecule has 4 atom stereocenters. The van der Waals surface area contributed by atoms with E-state index < -0.39 is 24.4 Å². The molecule has 0 aromatic heterocycles. The van der Waals surface area contributed by atoms with Crippen molar-refractivity contribution in [2.75, 3.05) is 20.3 Å². The van der Waals surface area contributed by atoms with Crippen LogP contribution in [0.2, 0.25) is 0 Å². The van der Waals surface area contributed by atoms with Gasteiger partial charge >= 0.3 is 0 Å². The molecule has 8 heteroatoms. The van der Waals surface area contributed by atoms with Crippen LogP contribution in [0, 0.1) is 0 Å². The fraction of sp³-hybridized carbons (Fsp3) is 0.333. The molecule has 0 fully saturated rings. The predicted octanol–water partition coefficient (Wildman–Crippen LogP) is 3.72. The van der Waals surface area contributed by atoms with E-state index in [1.807, 2.05) is 32.1 Å².